The van der Waals surface area contributed by atoms with E-state index < -0.39 is 18.2 Å². The predicted molar refractivity (Wildman–Crippen MR) is 55.4 cm³/mol. The number of alkyl halides is 3. The molecule has 6 heteroatoms. The van der Waals surface area contributed by atoms with E-state index in [-0.39, 0.29) is 11.3 Å². The molecule has 0 radical (unpaired) electrons. The summed E-state index contributed by atoms with van der Waals surface area (Å²) < 4.78 is 40.3. The van der Waals surface area contributed by atoms with Gasteiger partial charge in [0.05, 0.1) is 5.92 Å². The van der Waals surface area contributed by atoms with E-state index in [4.69, 9.17) is 5.73 Å². The van der Waals surface area contributed by atoms with Crippen LogP contribution in [0.4, 0.5) is 13.2 Å². The minimum absolute atomic E-state index is 0.153. The molecule has 0 aliphatic heterocycles. The Hall–Kier alpha value is -1.72. The third kappa shape index (κ3) is 3.65. The Kier molecular flexibility index (Phi) is 3.98. The summed E-state index contributed by atoms with van der Waals surface area (Å²) in [6.07, 6.45) is -4.47. The number of benzene rings is 1. The Balaban J connectivity index is 3.11. The minimum atomic E-state index is -4.79. The Bertz CT molecular complexity index is 404. The molecule has 1 atom stereocenters. The zero-order valence-electron chi connectivity index (χ0n) is 9.12. The third-order valence-electron chi connectivity index (χ3n) is 2.27. The fraction of sp³-hybridized carbons (Fsp3) is 0.364. The van der Waals surface area contributed by atoms with Crippen LogP contribution in [0.15, 0.2) is 24.3 Å². The van der Waals surface area contributed by atoms with Gasteiger partial charge in [-0.15, -0.1) is 13.2 Å². The first kappa shape index (κ1) is 13.3. The lowest BCUT2D eigenvalue weighted by molar-refractivity contribution is -0.275. The molecule has 0 fully saturated rings. The van der Waals surface area contributed by atoms with E-state index in [9.17, 15) is 18.0 Å². The predicted octanol–water partition coefficient (Wildman–Crippen LogP) is 2.56. The first-order valence-electron chi connectivity index (χ1n) is 4.99. The molecule has 0 saturated carbocycles. The first-order chi connectivity index (χ1) is 7.85. The van der Waals surface area contributed by atoms with Gasteiger partial charge in [0.1, 0.15) is 5.75 Å². The number of hydrogen-bond donors (Lipinski definition) is 1. The van der Waals surface area contributed by atoms with E-state index >= 15 is 0 Å². The van der Waals surface area contributed by atoms with Gasteiger partial charge in [-0.25, -0.2) is 0 Å². The van der Waals surface area contributed by atoms with Crippen molar-refractivity contribution in [3.05, 3.63) is 29.8 Å². The van der Waals surface area contributed by atoms with Crippen molar-refractivity contribution in [2.45, 2.75) is 25.6 Å². The number of amides is 1. The molecule has 0 aliphatic rings. The van der Waals surface area contributed by atoms with E-state index in [0.717, 1.165) is 6.07 Å². The lowest BCUT2D eigenvalue weighted by Gasteiger charge is -2.17. The molecule has 0 spiro atoms. The van der Waals surface area contributed by atoms with Crippen LogP contribution in [0.25, 0.3) is 0 Å². The molecule has 2 N–H and O–H groups in total. The Morgan fingerprint density at radius 1 is 1.41 bits per heavy atom. The molecule has 1 amide bonds. The summed E-state index contributed by atoms with van der Waals surface area (Å²) >= 11 is 0. The first-order valence-corrected chi connectivity index (χ1v) is 4.99. The number of hydrogen-bond acceptors (Lipinski definition) is 2. The van der Waals surface area contributed by atoms with Gasteiger partial charge in [0.25, 0.3) is 0 Å². The van der Waals surface area contributed by atoms with Gasteiger partial charge < -0.3 is 10.5 Å². The quantitative estimate of drug-likeness (QED) is 0.888. The van der Waals surface area contributed by atoms with Crippen molar-refractivity contribution in [1.29, 1.82) is 0 Å². The van der Waals surface area contributed by atoms with E-state index in [0.29, 0.717) is 6.42 Å². The van der Waals surface area contributed by atoms with E-state index in [1.54, 1.807) is 6.92 Å². The average Bonchev–Trinajstić information content (AvgIpc) is 2.18. The second-order valence-electron chi connectivity index (χ2n) is 3.45. The van der Waals surface area contributed by atoms with Crippen LogP contribution in [0.5, 0.6) is 5.75 Å². The molecule has 0 aromatic heterocycles. The van der Waals surface area contributed by atoms with Crippen LogP contribution in [-0.2, 0) is 4.79 Å². The maximum absolute atomic E-state index is 12.2. The minimum Gasteiger partial charge on any atom is -0.405 e. The zero-order chi connectivity index (χ0) is 13.1. The van der Waals surface area contributed by atoms with Crippen LogP contribution in [0.1, 0.15) is 24.8 Å². The van der Waals surface area contributed by atoms with Gasteiger partial charge in [-0.05, 0) is 12.5 Å². The van der Waals surface area contributed by atoms with Crippen LogP contribution in [0.3, 0.4) is 0 Å². The van der Waals surface area contributed by atoms with Gasteiger partial charge in [-0.2, -0.15) is 0 Å². The van der Waals surface area contributed by atoms with Gasteiger partial charge in [-0.1, -0.05) is 25.1 Å². The van der Waals surface area contributed by atoms with Crippen molar-refractivity contribution >= 4 is 5.91 Å². The van der Waals surface area contributed by atoms with Gasteiger partial charge in [0.2, 0.25) is 5.91 Å². The normalized spacial score (nSPS) is 13.2. The highest BCUT2D eigenvalue weighted by atomic mass is 19.4. The molecule has 17 heavy (non-hydrogen) atoms. The van der Waals surface area contributed by atoms with Crippen LogP contribution in [-0.4, -0.2) is 12.3 Å². The number of nitrogens with two attached hydrogens (primary N) is 1. The van der Waals surface area contributed by atoms with Crippen LogP contribution >= 0.6 is 0 Å². The van der Waals surface area contributed by atoms with E-state index in [1.807, 2.05) is 0 Å². The van der Waals surface area contributed by atoms with Gasteiger partial charge >= 0.3 is 6.36 Å². The fourth-order valence-corrected chi connectivity index (χ4v) is 1.56. The third-order valence-corrected chi connectivity index (χ3v) is 2.27. The molecule has 0 heterocycles. The monoisotopic (exact) mass is 247 g/mol. The lowest BCUT2D eigenvalue weighted by Crippen LogP contribution is -2.23. The summed E-state index contributed by atoms with van der Waals surface area (Å²) in [6, 6.07) is 5.50. The average molecular weight is 247 g/mol. The van der Waals surface area contributed by atoms with Gasteiger partial charge in [0.15, 0.2) is 0 Å². The smallest absolute Gasteiger partial charge is 0.405 e. The highest BCUT2D eigenvalue weighted by Crippen LogP contribution is 2.32. The number of rotatable bonds is 4. The van der Waals surface area contributed by atoms with Crippen molar-refractivity contribution in [3.63, 3.8) is 0 Å². The van der Waals surface area contributed by atoms with Crippen LogP contribution < -0.4 is 10.5 Å². The van der Waals surface area contributed by atoms with Crippen LogP contribution in [0.2, 0.25) is 0 Å². The summed E-state index contributed by atoms with van der Waals surface area (Å²) in [6.45, 7) is 1.67. The molecule has 94 valence electrons. The molecular formula is C11H12F3NO2. The van der Waals surface area contributed by atoms with Crippen LogP contribution in [0, 0.1) is 0 Å². The van der Waals surface area contributed by atoms with Crippen molar-refractivity contribution in [2.24, 2.45) is 5.73 Å². The van der Waals surface area contributed by atoms with E-state index in [1.165, 1.54) is 18.2 Å². The van der Waals surface area contributed by atoms with E-state index in [2.05, 4.69) is 4.74 Å². The Morgan fingerprint density at radius 2 is 2.00 bits per heavy atom. The molecule has 3 nitrogen and oxygen atoms in total. The maximum atomic E-state index is 12.2. The van der Waals surface area contributed by atoms with Crippen molar-refractivity contribution in [3.8, 4) is 5.75 Å². The summed E-state index contributed by atoms with van der Waals surface area (Å²) in [7, 11) is 0. The summed E-state index contributed by atoms with van der Waals surface area (Å²) in [5.74, 6) is -1.84. The molecule has 1 aromatic carbocycles. The molecule has 1 unspecified atom stereocenters. The van der Waals surface area contributed by atoms with Gasteiger partial charge in [0, 0.05) is 5.56 Å². The number of primary amides is 1. The maximum Gasteiger partial charge on any atom is 0.573 e. The fourth-order valence-electron chi connectivity index (χ4n) is 1.56. The summed E-state index contributed by atoms with van der Waals surface area (Å²) in [5, 5.41) is 0. The molecule has 0 bridgehead atoms. The molecule has 0 aliphatic carbocycles. The number of halogens is 3. The van der Waals surface area contributed by atoms with Crippen molar-refractivity contribution in [2.75, 3.05) is 0 Å². The van der Waals surface area contributed by atoms with Crippen molar-refractivity contribution in [1.82, 2.24) is 0 Å². The topological polar surface area (TPSA) is 52.3 Å². The molecule has 1 rings (SSSR count). The van der Waals surface area contributed by atoms with Gasteiger partial charge in [-0.3, -0.25) is 4.79 Å². The van der Waals surface area contributed by atoms with Crippen molar-refractivity contribution < 1.29 is 22.7 Å². The largest absolute Gasteiger partial charge is 0.573 e. The summed E-state index contributed by atoms with van der Waals surface area (Å²) in [5.41, 5.74) is 5.29. The number of carbonyl (C=O) groups excluding carboxylic acids is 1. The molecule has 0 saturated heterocycles. The summed E-state index contributed by atoms with van der Waals surface area (Å²) in [4.78, 5) is 11.1. The number of carbonyl (C=O) groups is 1. The highest BCUT2D eigenvalue weighted by Gasteiger charge is 2.33. The molecule has 1 aromatic rings. The zero-order valence-corrected chi connectivity index (χ0v) is 9.12. The molecular weight excluding hydrogens is 235 g/mol. The Morgan fingerprint density at radius 3 is 2.47 bits per heavy atom. The lowest BCUT2D eigenvalue weighted by atomic mass is 9.95. The second kappa shape index (κ2) is 5.07. The second-order valence-corrected chi connectivity index (χ2v) is 3.45. The Labute approximate surface area is 96.4 Å². The number of para-hydroxylation sites is 1. The highest BCUT2D eigenvalue weighted by molar-refractivity contribution is 5.82. The standard InChI is InChI=1S/C11H12F3NO2/c1-2-7(10(15)16)8-5-3-4-6-9(8)17-11(12,13)14/h3-7H,2H2,1H3,(H2,15,16). The SMILES string of the molecule is CCC(C(N)=O)c1ccccc1OC(F)(F)F. The number of ether oxygens (including phenoxy) is 1.